The minimum atomic E-state index is 0.288. The molecule has 0 saturated heterocycles. The first-order valence-corrected chi connectivity index (χ1v) is 4.59. The van der Waals surface area contributed by atoms with Gasteiger partial charge in [-0.15, -0.1) is 0 Å². The quantitative estimate of drug-likeness (QED) is 0.705. The SMILES string of the molecule is Clc1nccc(Cc2ccncc2)n1. The lowest BCUT2D eigenvalue weighted by atomic mass is 10.1. The molecule has 0 spiro atoms. The third-order valence-electron chi connectivity index (χ3n) is 1.82. The van der Waals surface area contributed by atoms with Crippen LogP contribution in [0.15, 0.2) is 36.8 Å². The molecule has 0 aromatic carbocycles. The molecule has 0 aliphatic rings. The Morgan fingerprint density at radius 3 is 2.57 bits per heavy atom. The van der Waals surface area contributed by atoms with Gasteiger partial charge in [0.2, 0.25) is 5.28 Å². The molecule has 0 aliphatic heterocycles. The van der Waals surface area contributed by atoms with Crippen LogP contribution in [0.1, 0.15) is 11.3 Å². The molecule has 3 nitrogen and oxygen atoms in total. The average Bonchev–Trinajstić information content (AvgIpc) is 2.19. The fourth-order valence-electron chi connectivity index (χ4n) is 1.18. The van der Waals surface area contributed by atoms with Crippen LogP contribution in [0.4, 0.5) is 0 Å². The zero-order valence-electron chi connectivity index (χ0n) is 7.39. The van der Waals surface area contributed by atoms with Crippen LogP contribution in [0.25, 0.3) is 0 Å². The predicted octanol–water partition coefficient (Wildman–Crippen LogP) is 2.12. The van der Waals surface area contributed by atoms with Gasteiger partial charge in [0.25, 0.3) is 0 Å². The molecule has 14 heavy (non-hydrogen) atoms. The normalized spacial score (nSPS) is 10.1. The number of nitrogens with zero attached hydrogens (tertiary/aromatic N) is 3. The van der Waals surface area contributed by atoms with Crippen molar-refractivity contribution in [3.8, 4) is 0 Å². The molecule has 2 aromatic rings. The minimum absolute atomic E-state index is 0.288. The van der Waals surface area contributed by atoms with Crippen molar-refractivity contribution in [2.45, 2.75) is 6.42 Å². The van der Waals surface area contributed by atoms with Gasteiger partial charge in [-0.2, -0.15) is 0 Å². The fourth-order valence-corrected chi connectivity index (χ4v) is 1.34. The molecule has 4 heteroatoms. The van der Waals surface area contributed by atoms with Gasteiger partial charge in [-0.3, -0.25) is 4.98 Å². The highest BCUT2D eigenvalue weighted by Crippen LogP contribution is 2.07. The number of aromatic nitrogens is 3. The van der Waals surface area contributed by atoms with E-state index in [2.05, 4.69) is 15.0 Å². The van der Waals surface area contributed by atoms with Crippen molar-refractivity contribution in [1.29, 1.82) is 0 Å². The lowest BCUT2D eigenvalue weighted by molar-refractivity contribution is 1.02. The Morgan fingerprint density at radius 1 is 1.07 bits per heavy atom. The van der Waals surface area contributed by atoms with Crippen LogP contribution in [0, 0.1) is 0 Å². The van der Waals surface area contributed by atoms with Crippen molar-refractivity contribution in [3.63, 3.8) is 0 Å². The van der Waals surface area contributed by atoms with Crippen LogP contribution >= 0.6 is 11.6 Å². The zero-order chi connectivity index (χ0) is 9.80. The van der Waals surface area contributed by atoms with Crippen molar-refractivity contribution < 1.29 is 0 Å². The molecular formula is C10H8ClN3. The first-order chi connectivity index (χ1) is 6.84. The summed E-state index contributed by atoms with van der Waals surface area (Å²) < 4.78 is 0. The Morgan fingerprint density at radius 2 is 1.86 bits per heavy atom. The van der Waals surface area contributed by atoms with E-state index in [0.717, 1.165) is 17.7 Å². The van der Waals surface area contributed by atoms with Crippen molar-refractivity contribution >= 4 is 11.6 Å². The summed E-state index contributed by atoms with van der Waals surface area (Å²) in [4.78, 5) is 11.9. The lowest BCUT2D eigenvalue weighted by Crippen LogP contribution is -1.93. The predicted molar refractivity (Wildman–Crippen MR) is 54.1 cm³/mol. The highest BCUT2D eigenvalue weighted by molar-refractivity contribution is 6.28. The van der Waals surface area contributed by atoms with E-state index in [1.165, 1.54) is 0 Å². The Balaban J connectivity index is 2.19. The third-order valence-corrected chi connectivity index (χ3v) is 2.00. The van der Waals surface area contributed by atoms with E-state index in [-0.39, 0.29) is 5.28 Å². The van der Waals surface area contributed by atoms with Crippen LogP contribution in [0.2, 0.25) is 5.28 Å². The Kier molecular flexibility index (Phi) is 2.70. The van der Waals surface area contributed by atoms with Crippen molar-refractivity contribution in [1.82, 2.24) is 15.0 Å². The second kappa shape index (κ2) is 4.15. The second-order valence-corrected chi connectivity index (χ2v) is 3.19. The van der Waals surface area contributed by atoms with Crippen LogP contribution in [-0.4, -0.2) is 15.0 Å². The molecule has 0 atom stereocenters. The van der Waals surface area contributed by atoms with E-state index in [9.17, 15) is 0 Å². The highest BCUT2D eigenvalue weighted by atomic mass is 35.5. The second-order valence-electron chi connectivity index (χ2n) is 2.85. The summed E-state index contributed by atoms with van der Waals surface area (Å²) >= 11 is 5.68. The van der Waals surface area contributed by atoms with Gasteiger partial charge >= 0.3 is 0 Å². The molecule has 0 bridgehead atoms. The standard InChI is InChI=1S/C10H8ClN3/c11-10-13-6-3-9(14-10)7-8-1-4-12-5-2-8/h1-6H,7H2. The summed E-state index contributed by atoms with van der Waals surface area (Å²) in [6.07, 6.45) is 5.94. The van der Waals surface area contributed by atoms with E-state index in [1.807, 2.05) is 18.2 Å². The number of hydrogen-bond donors (Lipinski definition) is 0. The Hall–Kier alpha value is -1.48. The molecule has 2 aromatic heterocycles. The molecule has 2 heterocycles. The Bertz CT molecular complexity index is 417. The van der Waals surface area contributed by atoms with E-state index in [0.29, 0.717) is 0 Å². The van der Waals surface area contributed by atoms with Crippen LogP contribution in [-0.2, 0) is 6.42 Å². The molecule has 0 amide bonds. The summed E-state index contributed by atoms with van der Waals surface area (Å²) in [6, 6.07) is 5.76. The maximum atomic E-state index is 5.68. The van der Waals surface area contributed by atoms with Crippen molar-refractivity contribution in [3.05, 3.63) is 53.3 Å². The van der Waals surface area contributed by atoms with E-state index < -0.39 is 0 Å². The maximum Gasteiger partial charge on any atom is 0.222 e. The number of halogens is 1. The smallest absolute Gasteiger partial charge is 0.222 e. The molecule has 70 valence electrons. The monoisotopic (exact) mass is 205 g/mol. The first kappa shape index (κ1) is 9.09. The third kappa shape index (κ3) is 2.26. The van der Waals surface area contributed by atoms with Gasteiger partial charge in [-0.05, 0) is 35.4 Å². The van der Waals surface area contributed by atoms with Crippen LogP contribution in [0.3, 0.4) is 0 Å². The zero-order valence-corrected chi connectivity index (χ0v) is 8.15. The van der Waals surface area contributed by atoms with Crippen molar-refractivity contribution in [2.75, 3.05) is 0 Å². The summed E-state index contributed by atoms with van der Waals surface area (Å²) in [6.45, 7) is 0. The van der Waals surface area contributed by atoms with Gasteiger partial charge in [-0.1, -0.05) is 0 Å². The molecule has 0 unspecified atom stereocenters. The van der Waals surface area contributed by atoms with Crippen molar-refractivity contribution in [2.24, 2.45) is 0 Å². The van der Waals surface area contributed by atoms with E-state index in [1.54, 1.807) is 18.6 Å². The van der Waals surface area contributed by atoms with Gasteiger partial charge in [0.15, 0.2) is 0 Å². The van der Waals surface area contributed by atoms with Crippen LogP contribution < -0.4 is 0 Å². The topological polar surface area (TPSA) is 38.7 Å². The molecule has 2 rings (SSSR count). The fraction of sp³-hybridized carbons (Fsp3) is 0.100. The van der Waals surface area contributed by atoms with Gasteiger partial charge in [-0.25, -0.2) is 9.97 Å². The van der Waals surface area contributed by atoms with Gasteiger partial charge in [0.05, 0.1) is 0 Å². The maximum absolute atomic E-state index is 5.68. The molecule has 0 aliphatic carbocycles. The first-order valence-electron chi connectivity index (χ1n) is 4.21. The lowest BCUT2D eigenvalue weighted by Gasteiger charge is -1.99. The summed E-state index contributed by atoms with van der Waals surface area (Å²) in [7, 11) is 0. The molecular weight excluding hydrogens is 198 g/mol. The molecule has 0 saturated carbocycles. The highest BCUT2D eigenvalue weighted by Gasteiger charge is 1.98. The van der Waals surface area contributed by atoms with E-state index >= 15 is 0 Å². The van der Waals surface area contributed by atoms with Gasteiger partial charge in [0, 0.05) is 30.7 Å². The largest absolute Gasteiger partial charge is 0.265 e. The van der Waals surface area contributed by atoms with Crippen LogP contribution in [0.5, 0.6) is 0 Å². The number of hydrogen-bond acceptors (Lipinski definition) is 3. The summed E-state index contributed by atoms with van der Waals surface area (Å²) in [5.74, 6) is 0. The number of rotatable bonds is 2. The van der Waals surface area contributed by atoms with Gasteiger partial charge < -0.3 is 0 Å². The summed E-state index contributed by atoms with van der Waals surface area (Å²) in [5.41, 5.74) is 2.07. The Labute approximate surface area is 86.8 Å². The number of pyridine rings is 1. The molecule has 0 fully saturated rings. The molecule has 0 radical (unpaired) electrons. The average molecular weight is 206 g/mol. The van der Waals surface area contributed by atoms with Gasteiger partial charge in [0.1, 0.15) is 0 Å². The minimum Gasteiger partial charge on any atom is -0.265 e. The molecule has 0 N–H and O–H groups in total. The van der Waals surface area contributed by atoms with E-state index in [4.69, 9.17) is 11.6 Å². The summed E-state index contributed by atoms with van der Waals surface area (Å²) in [5, 5.41) is 0.288.